The van der Waals surface area contributed by atoms with Crippen LogP contribution in [0.2, 0.25) is 0 Å². The molecular weight excluding hydrogens is 234 g/mol. The number of hydrogen-bond acceptors (Lipinski definition) is 6. The molecule has 0 radical (unpaired) electrons. The molecule has 2 rings (SSSR count). The Hall–Kier alpha value is -2.50. The van der Waals surface area contributed by atoms with Gasteiger partial charge in [-0.3, -0.25) is 0 Å². The molecule has 6 heteroatoms. The van der Waals surface area contributed by atoms with Crippen molar-refractivity contribution in [2.24, 2.45) is 0 Å². The van der Waals surface area contributed by atoms with Crippen LogP contribution < -0.4 is 19.9 Å². The number of nitrogen functional groups attached to an aromatic ring is 1. The van der Waals surface area contributed by atoms with Crippen LogP contribution in [0.5, 0.6) is 23.3 Å². The molecule has 0 atom stereocenters. The van der Waals surface area contributed by atoms with Crippen LogP contribution >= 0.6 is 0 Å². The number of nitrogens with zero attached hydrogens (tertiary/aromatic N) is 2. The fourth-order valence-electron chi connectivity index (χ4n) is 1.32. The number of aromatic nitrogens is 2. The number of benzene rings is 1. The largest absolute Gasteiger partial charge is 0.496 e. The highest BCUT2D eigenvalue weighted by atomic mass is 16.5. The molecule has 0 saturated heterocycles. The third kappa shape index (κ3) is 2.79. The Bertz CT molecular complexity index is 506. The van der Waals surface area contributed by atoms with E-state index in [0.717, 1.165) is 0 Å². The van der Waals surface area contributed by atoms with E-state index in [4.69, 9.17) is 19.9 Å². The van der Waals surface area contributed by atoms with Gasteiger partial charge in [-0.05, 0) is 0 Å². The van der Waals surface area contributed by atoms with Crippen molar-refractivity contribution < 1.29 is 14.2 Å². The summed E-state index contributed by atoms with van der Waals surface area (Å²) in [5.41, 5.74) is 5.97. The van der Waals surface area contributed by atoms with Gasteiger partial charge in [-0.1, -0.05) is 0 Å². The van der Waals surface area contributed by atoms with Crippen molar-refractivity contribution in [1.82, 2.24) is 9.97 Å². The van der Waals surface area contributed by atoms with E-state index in [9.17, 15) is 0 Å². The van der Waals surface area contributed by atoms with Crippen molar-refractivity contribution in [1.29, 1.82) is 0 Å². The summed E-state index contributed by atoms with van der Waals surface area (Å²) in [7, 11) is 3.14. The molecule has 18 heavy (non-hydrogen) atoms. The highest BCUT2D eigenvalue weighted by molar-refractivity contribution is 5.43. The van der Waals surface area contributed by atoms with Crippen molar-refractivity contribution in [3.05, 3.63) is 30.6 Å². The van der Waals surface area contributed by atoms with E-state index in [1.165, 1.54) is 12.4 Å². The zero-order valence-electron chi connectivity index (χ0n) is 10.1. The van der Waals surface area contributed by atoms with Crippen molar-refractivity contribution in [2.75, 3.05) is 20.0 Å². The molecule has 0 aliphatic carbocycles. The molecule has 0 amide bonds. The number of rotatable bonds is 4. The minimum Gasteiger partial charge on any atom is -0.496 e. The summed E-state index contributed by atoms with van der Waals surface area (Å²) in [5, 5.41) is 0. The molecule has 2 N–H and O–H groups in total. The van der Waals surface area contributed by atoms with Gasteiger partial charge in [0, 0.05) is 18.2 Å². The van der Waals surface area contributed by atoms with Crippen LogP contribution in [0.4, 0.5) is 5.69 Å². The second-order valence-electron chi connectivity index (χ2n) is 3.45. The van der Waals surface area contributed by atoms with Crippen LogP contribution in [-0.4, -0.2) is 24.2 Å². The van der Waals surface area contributed by atoms with Gasteiger partial charge in [-0.25, -0.2) is 9.97 Å². The Balaban J connectivity index is 2.25. The summed E-state index contributed by atoms with van der Waals surface area (Å²) in [6.07, 6.45) is 2.94. The van der Waals surface area contributed by atoms with Crippen molar-refractivity contribution in [3.63, 3.8) is 0 Å². The first-order chi connectivity index (χ1) is 8.71. The van der Waals surface area contributed by atoms with Gasteiger partial charge < -0.3 is 19.9 Å². The number of hydrogen-bond donors (Lipinski definition) is 1. The third-order valence-electron chi connectivity index (χ3n) is 2.18. The summed E-state index contributed by atoms with van der Waals surface area (Å²) in [6.45, 7) is 0. The number of methoxy groups -OCH3 is 2. The number of anilines is 1. The normalized spacial score (nSPS) is 9.89. The SMILES string of the molecule is COc1cc(OC)cc(Oc2ncc(N)cn2)c1. The highest BCUT2D eigenvalue weighted by Crippen LogP contribution is 2.29. The van der Waals surface area contributed by atoms with E-state index in [1.807, 2.05) is 0 Å². The van der Waals surface area contributed by atoms with Gasteiger partial charge in [0.1, 0.15) is 17.2 Å². The molecule has 6 nitrogen and oxygen atoms in total. The van der Waals surface area contributed by atoms with Crippen LogP contribution in [0.1, 0.15) is 0 Å². The second-order valence-corrected chi connectivity index (χ2v) is 3.45. The van der Waals surface area contributed by atoms with Gasteiger partial charge in [-0.15, -0.1) is 0 Å². The molecule has 0 aliphatic heterocycles. The molecule has 0 spiro atoms. The maximum atomic E-state index is 5.49. The Morgan fingerprint density at radius 3 is 1.89 bits per heavy atom. The molecular formula is C12H13N3O3. The van der Waals surface area contributed by atoms with E-state index in [2.05, 4.69) is 9.97 Å². The number of nitrogens with two attached hydrogens (primary N) is 1. The van der Waals surface area contributed by atoms with Crippen LogP contribution in [0.25, 0.3) is 0 Å². The van der Waals surface area contributed by atoms with Crippen molar-refractivity contribution >= 4 is 5.69 Å². The molecule has 0 unspecified atom stereocenters. The van der Waals surface area contributed by atoms with Crippen LogP contribution in [0, 0.1) is 0 Å². The lowest BCUT2D eigenvalue weighted by Crippen LogP contribution is -1.95. The standard InChI is InChI=1S/C12H13N3O3/c1-16-9-3-10(17-2)5-11(4-9)18-12-14-6-8(13)7-15-12/h3-7H,13H2,1-2H3. The topological polar surface area (TPSA) is 79.5 Å². The smallest absolute Gasteiger partial charge is 0.322 e. The van der Waals surface area contributed by atoms with Gasteiger partial charge in [0.2, 0.25) is 0 Å². The van der Waals surface area contributed by atoms with E-state index in [1.54, 1.807) is 32.4 Å². The predicted molar refractivity (Wildman–Crippen MR) is 66.1 cm³/mol. The molecule has 1 aromatic carbocycles. The predicted octanol–water partition coefficient (Wildman–Crippen LogP) is 1.87. The van der Waals surface area contributed by atoms with Gasteiger partial charge in [-0.2, -0.15) is 0 Å². The fraction of sp³-hybridized carbons (Fsp3) is 0.167. The van der Waals surface area contributed by atoms with Gasteiger partial charge in [0.25, 0.3) is 0 Å². The average molecular weight is 247 g/mol. The van der Waals surface area contributed by atoms with E-state index < -0.39 is 0 Å². The quantitative estimate of drug-likeness (QED) is 0.888. The molecule has 1 aromatic heterocycles. The van der Waals surface area contributed by atoms with Crippen LogP contribution in [0.15, 0.2) is 30.6 Å². The lowest BCUT2D eigenvalue weighted by atomic mass is 10.3. The maximum absolute atomic E-state index is 5.49. The first-order valence-corrected chi connectivity index (χ1v) is 5.19. The van der Waals surface area contributed by atoms with Crippen LogP contribution in [-0.2, 0) is 0 Å². The van der Waals surface area contributed by atoms with Crippen molar-refractivity contribution in [2.45, 2.75) is 0 Å². The Morgan fingerprint density at radius 2 is 1.39 bits per heavy atom. The van der Waals surface area contributed by atoms with Crippen molar-refractivity contribution in [3.8, 4) is 23.3 Å². The molecule has 1 heterocycles. The summed E-state index contributed by atoms with van der Waals surface area (Å²) >= 11 is 0. The highest BCUT2D eigenvalue weighted by Gasteiger charge is 2.05. The van der Waals surface area contributed by atoms with E-state index >= 15 is 0 Å². The fourth-order valence-corrected chi connectivity index (χ4v) is 1.32. The zero-order chi connectivity index (χ0) is 13.0. The number of ether oxygens (including phenoxy) is 3. The first-order valence-electron chi connectivity index (χ1n) is 5.19. The van der Waals surface area contributed by atoms with E-state index in [0.29, 0.717) is 22.9 Å². The molecule has 0 fully saturated rings. The zero-order valence-corrected chi connectivity index (χ0v) is 10.1. The summed E-state index contributed by atoms with van der Waals surface area (Å²) < 4.78 is 15.7. The molecule has 0 bridgehead atoms. The second kappa shape index (κ2) is 5.22. The minimum absolute atomic E-state index is 0.208. The average Bonchev–Trinajstić information content (AvgIpc) is 2.41. The molecule has 94 valence electrons. The van der Waals surface area contributed by atoms with Gasteiger partial charge in [0.15, 0.2) is 0 Å². The lowest BCUT2D eigenvalue weighted by Gasteiger charge is -2.08. The Kier molecular flexibility index (Phi) is 3.47. The Morgan fingerprint density at radius 1 is 0.889 bits per heavy atom. The monoisotopic (exact) mass is 247 g/mol. The van der Waals surface area contributed by atoms with Gasteiger partial charge >= 0.3 is 6.01 Å². The first kappa shape index (κ1) is 12.0. The summed E-state index contributed by atoms with van der Waals surface area (Å²) in [6, 6.07) is 5.38. The minimum atomic E-state index is 0.208. The maximum Gasteiger partial charge on any atom is 0.322 e. The molecule has 0 aliphatic rings. The lowest BCUT2D eigenvalue weighted by molar-refractivity contribution is 0.382. The van der Waals surface area contributed by atoms with E-state index in [-0.39, 0.29) is 6.01 Å². The summed E-state index contributed by atoms with van der Waals surface area (Å²) in [5.74, 6) is 1.77. The Labute approximate surface area is 104 Å². The summed E-state index contributed by atoms with van der Waals surface area (Å²) in [4.78, 5) is 7.89. The molecule has 0 saturated carbocycles. The van der Waals surface area contributed by atoms with Crippen LogP contribution in [0.3, 0.4) is 0 Å². The van der Waals surface area contributed by atoms with Gasteiger partial charge in [0.05, 0.1) is 32.3 Å². The third-order valence-corrected chi connectivity index (χ3v) is 2.18. The molecule has 2 aromatic rings.